The third-order valence-electron chi connectivity index (χ3n) is 9.10. The fourth-order valence-electron chi connectivity index (χ4n) is 7.02. The molecule has 5 heterocycles. The number of methoxy groups -OCH3 is 1. The van der Waals surface area contributed by atoms with E-state index in [0.717, 1.165) is 37.3 Å². The van der Waals surface area contributed by atoms with E-state index < -0.39 is 23.3 Å². The first-order chi connectivity index (χ1) is 21.3. The third kappa shape index (κ3) is 4.81. The molecule has 2 aromatic heterocycles. The van der Waals surface area contributed by atoms with E-state index >= 15 is 4.39 Å². The van der Waals surface area contributed by atoms with Crippen molar-refractivity contribution in [1.29, 1.82) is 5.26 Å². The summed E-state index contributed by atoms with van der Waals surface area (Å²) >= 11 is 0.946. The molecule has 9 nitrogen and oxygen atoms in total. The molecule has 4 unspecified atom stereocenters. The van der Waals surface area contributed by atoms with Crippen LogP contribution < -0.4 is 20.5 Å². The van der Waals surface area contributed by atoms with Gasteiger partial charge in [0.05, 0.1) is 33.8 Å². The Morgan fingerprint density at radius 2 is 2.07 bits per heavy atom. The molecule has 3 fully saturated rings. The smallest absolute Gasteiger partial charge is 0.320 e. The van der Waals surface area contributed by atoms with Crippen LogP contribution in [0.4, 0.5) is 18.2 Å². The molecule has 3 aliphatic rings. The van der Waals surface area contributed by atoms with E-state index in [1.54, 1.807) is 19.2 Å². The minimum absolute atomic E-state index is 0.0495. The van der Waals surface area contributed by atoms with Gasteiger partial charge in [-0.15, -0.1) is 11.3 Å². The summed E-state index contributed by atoms with van der Waals surface area (Å²) in [6.07, 6.45) is 1.57. The van der Waals surface area contributed by atoms with Gasteiger partial charge in [-0.25, -0.2) is 13.2 Å². The van der Waals surface area contributed by atoms with Crippen LogP contribution in [-0.4, -0.2) is 78.7 Å². The number of halogens is 3. The van der Waals surface area contributed by atoms with Crippen molar-refractivity contribution >= 4 is 37.3 Å². The number of hydrogen-bond acceptors (Lipinski definition) is 10. The summed E-state index contributed by atoms with van der Waals surface area (Å²) in [4.78, 5) is 11.2. The molecule has 0 bridgehead atoms. The maximum Gasteiger partial charge on any atom is 0.320 e. The summed E-state index contributed by atoms with van der Waals surface area (Å²) in [5.41, 5.74) is 6.05. The lowest BCUT2D eigenvalue weighted by Crippen LogP contribution is -2.43. The summed E-state index contributed by atoms with van der Waals surface area (Å²) in [6, 6.07) is 7.73. The van der Waals surface area contributed by atoms with Gasteiger partial charge in [-0.1, -0.05) is 12.1 Å². The molecule has 44 heavy (non-hydrogen) atoms. The predicted molar refractivity (Wildman–Crippen MR) is 161 cm³/mol. The number of ether oxygens (including phenoxy) is 3. The van der Waals surface area contributed by atoms with Crippen LogP contribution in [0, 0.1) is 23.0 Å². The van der Waals surface area contributed by atoms with Crippen molar-refractivity contribution in [1.82, 2.24) is 20.2 Å². The van der Waals surface area contributed by atoms with E-state index in [-0.39, 0.29) is 62.4 Å². The molecule has 3 N–H and O–H groups in total. The summed E-state index contributed by atoms with van der Waals surface area (Å²) in [5, 5.41) is 13.9. The van der Waals surface area contributed by atoms with Crippen molar-refractivity contribution in [2.45, 2.75) is 49.5 Å². The summed E-state index contributed by atoms with van der Waals surface area (Å²) in [6.45, 7) is 2.47. The van der Waals surface area contributed by atoms with Gasteiger partial charge in [-0.2, -0.15) is 15.2 Å². The van der Waals surface area contributed by atoms with Crippen LogP contribution >= 0.6 is 11.3 Å². The van der Waals surface area contributed by atoms with E-state index in [0.29, 0.717) is 36.9 Å². The fraction of sp³-hybridized carbons (Fsp3) is 0.452. The lowest BCUT2D eigenvalue weighted by atomic mass is 9.95. The quantitative estimate of drug-likeness (QED) is 0.281. The molecule has 0 aliphatic carbocycles. The van der Waals surface area contributed by atoms with Gasteiger partial charge in [0.25, 0.3) is 0 Å². The Hall–Kier alpha value is -3.70. The number of benzene rings is 2. The maximum atomic E-state index is 16.6. The topological polar surface area (TPSA) is 119 Å². The second-order valence-electron chi connectivity index (χ2n) is 11.7. The second kappa shape index (κ2) is 11.3. The average Bonchev–Trinajstić information content (AvgIpc) is 3.76. The number of nitrogens with one attached hydrogen (secondary N) is 1. The fourth-order valence-corrected chi connectivity index (χ4v) is 7.97. The van der Waals surface area contributed by atoms with E-state index in [2.05, 4.69) is 20.2 Å². The lowest BCUT2D eigenvalue weighted by molar-refractivity contribution is 0.0999. The Kier molecular flexibility index (Phi) is 7.48. The van der Waals surface area contributed by atoms with Crippen LogP contribution in [0.25, 0.3) is 32.1 Å². The molecule has 13 heteroatoms. The Balaban J connectivity index is 1.33. The first kappa shape index (κ1) is 29.0. The van der Waals surface area contributed by atoms with Crippen molar-refractivity contribution in [2.75, 3.05) is 45.7 Å². The van der Waals surface area contributed by atoms with Gasteiger partial charge >= 0.3 is 6.01 Å². The van der Waals surface area contributed by atoms with E-state index in [4.69, 9.17) is 19.9 Å². The molecule has 4 atom stereocenters. The number of alkyl halides is 1. The van der Waals surface area contributed by atoms with Gasteiger partial charge in [0.1, 0.15) is 41.3 Å². The monoisotopic (exact) mass is 624 g/mol. The molecule has 2 aromatic carbocycles. The minimum Gasteiger partial charge on any atom is -0.472 e. The first-order valence-electron chi connectivity index (χ1n) is 14.6. The lowest BCUT2D eigenvalue weighted by Gasteiger charge is -2.30. The maximum absolute atomic E-state index is 16.6. The number of thiophene rings is 1. The van der Waals surface area contributed by atoms with Crippen molar-refractivity contribution in [2.24, 2.45) is 0 Å². The number of anilines is 1. The van der Waals surface area contributed by atoms with E-state index in [1.165, 1.54) is 12.1 Å². The number of fused-ring (bicyclic) bond motifs is 3. The zero-order valence-electron chi connectivity index (χ0n) is 24.0. The molecule has 0 saturated carbocycles. The normalized spacial score (nSPS) is 25.1. The second-order valence-corrected chi connectivity index (χ2v) is 12.8. The third-order valence-corrected chi connectivity index (χ3v) is 10.1. The van der Waals surface area contributed by atoms with E-state index in [1.807, 2.05) is 6.07 Å². The standard InChI is InChI=1S/C31H31F3N6O3S/c1-41-14-22-23(7-9-37-22)43-29-19-4-3-18(17-5-6-21(33)27-24(17)20(12-35)28(36)44-27)25(34)26(19)38-30(39-29)42-15-31-8-2-10-40(31)13-16(32)11-31/h3-6,16,22-23,37H,2,7-11,13-15,36H2,1H3. The highest BCUT2D eigenvalue weighted by molar-refractivity contribution is 7.23. The van der Waals surface area contributed by atoms with Crippen LogP contribution in [-0.2, 0) is 4.74 Å². The van der Waals surface area contributed by atoms with Crippen LogP contribution in [0.1, 0.15) is 31.2 Å². The number of hydrogen-bond donors (Lipinski definition) is 2. The SMILES string of the molecule is COCC1NCCC1Oc1nc(OCC23CCCN2CC(F)C3)nc2c(F)c(-c3ccc(F)c4sc(N)c(C#N)c34)ccc12. The molecule has 3 aliphatic heterocycles. The van der Waals surface area contributed by atoms with Gasteiger partial charge in [0.15, 0.2) is 5.82 Å². The number of nitrogen functional groups attached to an aromatic ring is 1. The van der Waals surface area contributed by atoms with Gasteiger partial charge < -0.3 is 25.3 Å². The van der Waals surface area contributed by atoms with Crippen molar-refractivity contribution in [3.63, 3.8) is 0 Å². The molecule has 0 amide bonds. The van der Waals surface area contributed by atoms with Crippen LogP contribution in [0.2, 0.25) is 0 Å². The number of rotatable bonds is 8. The highest BCUT2D eigenvalue weighted by Crippen LogP contribution is 2.44. The number of nitrogens with two attached hydrogens (primary N) is 1. The first-order valence-corrected chi connectivity index (χ1v) is 15.5. The summed E-state index contributed by atoms with van der Waals surface area (Å²) in [5.74, 6) is -1.09. The molecule has 3 saturated heterocycles. The Bertz CT molecular complexity index is 1800. The molecule has 0 spiro atoms. The average molecular weight is 625 g/mol. The van der Waals surface area contributed by atoms with Gasteiger partial charge in [-0.3, -0.25) is 4.90 Å². The molecular weight excluding hydrogens is 593 g/mol. The van der Waals surface area contributed by atoms with Gasteiger partial charge in [-0.05, 0) is 50.0 Å². The molecule has 230 valence electrons. The number of aromatic nitrogens is 2. The predicted octanol–water partition coefficient (Wildman–Crippen LogP) is 4.95. The van der Waals surface area contributed by atoms with Crippen LogP contribution in [0.3, 0.4) is 0 Å². The number of nitrogens with zero attached hydrogens (tertiary/aromatic N) is 4. The van der Waals surface area contributed by atoms with Crippen LogP contribution in [0.5, 0.6) is 11.9 Å². The molecule has 4 aromatic rings. The van der Waals surface area contributed by atoms with Crippen molar-refractivity contribution in [3.05, 3.63) is 41.5 Å². The number of nitriles is 1. The highest BCUT2D eigenvalue weighted by Gasteiger charge is 2.49. The van der Waals surface area contributed by atoms with Crippen molar-refractivity contribution in [3.8, 4) is 29.1 Å². The molecule has 0 radical (unpaired) electrons. The highest BCUT2D eigenvalue weighted by atomic mass is 32.1. The zero-order valence-corrected chi connectivity index (χ0v) is 24.9. The Morgan fingerprint density at radius 3 is 2.89 bits per heavy atom. The molecular formula is C31H31F3N6O3S. The van der Waals surface area contributed by atoms with Crippen molar-refractivity contribution < 1.29 is 27.4 Å². The summed E-state index contributed by atoms with van der Waals surface area (Å²) in [7, 11) is 1.61. The molecule has 7 rings (SSSR count). The Labute approximate surface area is 255 Å². The van der Waals surface area contributed by atoms with Gasteiger partial charge in [0.2, 0.25) is 5.88 Å². The zero-order chi connectivity index (χ0) is 30.6. The Morgan fingerprint density at radius 1 is 1.23 bits per heavy atom. The minimum atomic E-state index is -0.931. The van der Waals surface area contributed by atoms with Gasteiger partial charge in [0, 0.05) is 31.0 Å². The van der Waals surface area contributed by atoms with E-state index in [9.17, 15) is 14.0 Å². The summed E-state index contributed by atoms with van der Waals surface area (Å²) < 4.78 is 63.8. The largest absolute Gasteiger partial charge is 0.472 e. The van der Waals surface area contributed by atoms with Crippen LogP contribution in [0.15, 0.2) is 24.3 Å².